The fourth-order valence-corrected chi connectivity index (χ4v) is 3.25. The van der Waals surface area contributed by atoms with E-state index in [0.717, 1.165) is 5.56 Å². The Hall–Kier alpha value is -1.76. The van der Waals surface area contributed by atoms with Gasteiger partial charge < -0.3 is 5.73 Å². The van der Waals surface area contributed by atoms with E-state index in [1.165, 1.54) is 10.4 Å². The van der Waals surface area contributed by atoms with E-state index in [0.29, 0.717) is 12.1 Å². The van der Waals surface area contributed by atoms with Gasteiger partial charge in [-0.05, 0) is 17.7 Å². The zero-order valence-corrected chi connectivity index (χ0v) is 13.2. The van der Waals surface area contributed by atoms with Gasteiger partial charge in [0, 0.05) is 19.2 Å². The van der Waals surface area contributed by atoms with E-state index in [9.17, 15) is 8.42 Å². The van der Waals surface area contributed by atoms with E-state index in [4.69, 9.17) is 18.0 Å². The first-order valence-corrected chi connectivity index (χ1v) is 8.16. The molecule has 0 heterocycles. The third kappa shape index (κ3) is 3.66. The van der Waals surface area contributed by atoms with Gasteiger partial charge in [0.05, 0.1) is 4.90 Å². The van der Waals surface area contributed by atoms with Crippen molar-refractivity contribution in [2.24, 2.45) is 5.73 Å². The average Bonchev–Trinajstić information content (AvgIpc) is 2.48. The summed E-state index contributed by atoms with van der Waals surface area (Å²) in [4.78, 5) is 0.365. The van der Waals surface area contributed by atoms with Crippen LogP contribution in [0.3, 0.4) is 0 Å². The second-order valence-corrected chi connectivity index (χ2v) is 7.12. The predicted molar refractivity (Wildman–Crippen MR) is 87.4 cm³/mol. The molecular formula is C15H16N2O2S2. The molecule has 2 aromatic rings. The monoisotopic (exact) mass is 320 g/mol. The summed E-state index contributed by atoms with van der Waals surface area (Å²) in [5, 5.41) is 0. The molecule has 0 radical (unpaired) electrons. The third-order valence-corrected chi connectivity index (χ3v) is 5.11. The standard InChI is InChI=1S/C15H16N2O2S2/c1-17(11-12-6-3-2-4-7-12)21(18,19)14-9-5-8-13(10-14)15(16)20/h2-10H,11H2,1H3,(H2,16,20). The van der Waals surface area contributed by atoms with Crippen molar-refractivity contribution in [2.75, 3.05) is 7.05 Å². The maximum atomic E-state index is 12.6. The molecule has 2 N–H and O–H groups in total. The van der Waals surface area contributed by atoms with Gasteiger partial charge in [0.25, 0.3) is 0 Å². The molecule has 0 aliphatic carbocycles. The molecule has 0 amide bonds. The average molecular weight is 320 g/mol. The Bertz CT molecular complexity index is 743. The lowest BCUT2D eigenvalue weighted by Crippen LogP contribution is -2.26. The normalized spacial score (nSPS) is 11.5. The third-order valence-electron chi connectivity index (χ3n) is 3.07. The Morgan fingerprint density at radius 3 is 2.43 bits per heavy atom. The van der Waals surface area contributed by atoms with E-state index >= 15 is 0 Å². The van der Waals surface area contributed by atoms with Gasteiger partial charge in [0.15, 0.2) is 0 Å². The maximum absolute atomic E-state index is 12.6. The first-order chi connectivity index (χ1) is 9.91. The molecule has 0 aromatic heterocycles. The van der Waals surface area contributed by atoms with Crippen molar-refractivity contribution < 1.29 is 8.42 Å². The minimum atomic E-state index is -3.58. The fraction of sp³-hybridized carbons (Fsp3) is 0.133. The summed E-state index contributed by atoms with van der Waals surface area (Å²) < 4.78 is 26.4. The van der Waals surface area contributed by atoms with Gasteiger partial charge in [-0.25, -0.2) is 8.42 Å². The van der Waals surface area contributed by atoms with E-state index in [1.807, 2.05) is 30.3 Å². The molecule has 0 saturated heterocycles. The van der Waals surface area contributed by atoms with Crippen molar-refractivity contribution in [3.8, 4) is 0 Å². The first kappa shape index (κ1) is 15.6. The predicted octanol–water partition coefficient (Wildman–Crippen LogP) is 2.14. The fourth-order valence-electron chi connectivity index (χ4n) is 1.92. The van der Waals surface area contributed by atoms with Crippen LogP contribution in [0.5, 0.6) is 0 Å². The van der Waals surface area contributed by atoms with Crippen LogP contribution in [-0.4, -0.2) is 24.8 Å². The number of nitrogens with zero attached hydrogens (tertiary/aromatic N) is 1. The summed E-state index contributed by atoms with van der Waals surface area (Å²) in [5.74, 6) is 0. The number of hydrogen-bond donors (Lipinski definition) is 1. The number of hydrogen-bond acceptors (Lipinski definition) is 3. The highest BCUT2D eigenvalue weighted by Gasteiger charge is 2.21. The van der Waals surface area contributed by atoms with Crippen LogP contribution >= 0.6 is 12.2 Å². The summed E-state index contributed by atoms with van der Waals surface area (Å²) in [6, 6.07) is 15.8. The van der Waals surface area contributed by atoms with Crippen molar-refractivity contribution in [3.63, 3.8) is 0 Å². The number of nitrogens with two attached hydrogens (primary N) is 1. The van der Waals surface area contributed by atoms with Gasteiger partial charge in [0.2, 0.25) is 10.0 Å². The summed E-state index contributed by atoms with van der Waals surface area (Å²) >= 11 is 4.88. The molecule has 0 aliphatic heterocycles. The minimum Gasteiger partial charge on any atom is -0.389 e. The second kappa shape index (κ2) is 6.34. The Morgan fingerprint density at radius 1 is 1.14 bits per heavy atom. The van der Waals surface area contributed by atoms with Crippen LogP contribution in [0, 0.1) is 0 Å². The molecule has 21 heavy (non-hydrogen) atoms. The molecule has 0 saturated carbocycles. The minimum absolute atomic E-state index is 0.178. The van der Waals surface area contributed by atoms with Gasteiger partial charge in [-0.1, -0.05) is 54.7 Å². The van der Waals surface area contributed by atoms with Gasteiger partial charge >= 0.3 is 0 Å². The van der Waals surface area contributed by atoms with Crippen molar-refractivity contribution in [2.45, 2.75) is 11.4 Å². The molecule has 0 unspecified atom stereocenters. The Kier molecular flexibility index (Phi) is 4.72. The van der Waals surface area contributed by atoms with Crippen molar-refractivity contribution >= 4 is 27.2 Å². The largest absolute Gasteiger partial charge is 0.389 e. The molecule has 0 spiro atoms. The first-order valence-electron chi connectivity index (χ1n) is 6.31. The molecule has 110 valence electrons. The number of benzene rings is 2. The van der Waals surface area contributed by atoms with E-state index in [-0.39, 0.29) is 9.88 Å². The van der Waals surface area contributed by atoms with Gasteiger partial charge in [-0.3, -0.25) is 0 Å². The van der Waals surface area contributed by atoms with Gasteiger partial charge in [0.1, 0.15) is 4.99 Å². The molecule has 2 rings (SSSR count). The zero-order chi connectivity index (χ0) is 15.5. The van der Waals surface area contributed by atoms with Crippen LogP contribution in [0.15, 0.2) is 59.5 Å². The molecular weight excluding hydrogens is 304 g/mol. The lowest BCUT2D eigenvalue weighted by Gasteiger charge is -2.17. The van der Waals surface area contributed by atoms with E-state index in [2.05, 4.69) is 0 Å². The highest BCUT2D eigenvalue weighted by molar-refractivity contribution is 7.89. The molecule has 0 atom stereocenters. The van der Waals surface area contributed by atoms with E-state index in [1.54, 1.807) is 25.2 Å². The number of thiocarbonyl (C=S) groups is 1. The maximum Gasteiger partial charge on any atom is 0.243 e. The van der Waals surface area contributed by atoms with Gasteiger partial charge in [-0.15, -0.1) is 0 Å². The topological polar surface area (TPSA) is 63.4 Å². The van der Waals surface area contributed by atoms with Crippen molar-refractivity contribution in [1.29, 1.82) is 0 Å². The Balaban J connectivity index is 2.29. The molecule has 6 heteroatoms. The van der Waals surface area contributed by atoms with Crippen molar-refractivity contribution in [3.05, 3.63) is 65.7 Å². The van der Waals surface area contributed by atoms with E-state index < -0.39 is 10.0 Å². The highest BCUT2D eigenvalue weighted by atomic mass is 32.2. The Labute approximate surface area is 130 Å². The van der Waals surface area contributed by atoms with Crippen LogP contribution < -0.4 is 5.73 Å². The summed E-state index contributed by atoms with van der Waals surface area (Å²) in [6.07, 6.45) is 0. The SMILES string of the molecule is CN(Cc1ccccc1)S(=O)(=O)c1cccc(C(N)=S)c1. The summed E-state index contributed by atoms with van der Waals surface area (Å²) in [6.45, 7) is 0.306. The van der Waals surface area contributed by atoms with Crippen LogP contribution in [0.25, 0.3) is 0 Å². The lowest BCUT2D eigenvalue weighted by atomic mass is 10.2. The molecule has 0 bridgehead atoms. The van der Waals surface area contributed by atoms with Crippen LogP contribution in [-0.2, 0) is 16.6 Å². The molecule has 0 aliphatic rings. The quantitative estimate of drug-likeness (QED) is 0.857. The second-order valence-electron chi connectivity index (χ2n) is 4.64. The lowest BCUT2D eigenvalue weighted by molar-refractivity contribution is 0.466. The zero-order valence-electron chi connectivity index (χ0n) is 11.6. The highest BCUT2D eigenvalue weighted by Crippen LogP contribution is 2.18. The van der Waals surface area contributed by atoms with Gasteiger partial charge in [-0.2, -0.15) is 4.31 Å². The summed E-state index contributed by atoms with van der Waals surface area (Å²) in [7, 11) is -2.02. The number of sulfonamides is 1. The molecule has 4 nitrogen and oxygen atoms in total. The number of rotatable bonds is 5. The van der Waals surface area contributed by atoms with Crippen LogP contribution in [0.4, 0.5) is 0 Å². The molecule has 2 aromatic carbocycles. The van der Waals surface area contributed by atoms with Crippen LogP contribution in [0.2, 0.25) is 0 Å². The van der Waals surface area contributed by atoms with Crippen LogP contribution in [0.1, 0.15) is 11.1 Å². The Morgan fingerprint density at radius 2 is 1.81 bits per heavy atom. The smallest absolute Gasteiger partial charge is 0.243 e. The summed E-state index contributed by atoms with van der Waals surface area (Å²) in [5.41, 5.74) is 7.01. The van der Waals surface area contributed by atoms with Crippen molar-refractivity contribution in [1.82, 2.24) is 4.31 Å². The molecule has 0 fully saturated rings.